The number of phenols is 1. The van der Waals surface area contributed by atoms with Gasteiger partial charge in [0.05, 0.1) is 19.1 Å². The zero-order valence-electron chi connectivity index (χ0n) is 18.4. The third-order valence-electron chi connectivity index (χ3n) is 5.83. The van der Waals surface area contributed by atoms with E-state index in [1.165, 1.54) is 13.2 Å². The molecular formula is C25H25NO7. The molecule has 1 aliphatic rings. The van der Waals surface area contributed by atoms with E-state index in [0.29, 0.717) is 35.7 Å². The van der Waals surface area contributed by atoms with Gasteiger partial charge in [-0.2, -0.15) is 0 Å². The highest BCUT2D eigenvalue weighted by Gasteiger charge is 2.28. The Labute approximate surface area is 190 Å². The van der Waals surface area contributed by atoms with E-state index in [-0.39, 0.29) is 35.8 Å². The molecule has 0 unspecified atom stereocenters. The molecule has 1 atom stereocenters. The zero-order chi connectivity index (χ0) is 23.5. The van der Waals surface area contributed by atoms with Crippen molar-refractivity contribution in [2.24, 2.45) is 0 Å². The summed E-state index contributed by atoms with van der Waals surface area (Å²) in [4.78, 5) is 25.8. The monoisotopic (exact) mass is 451 g/mol. The van der Waals surface area contributed by atoms with Crippen LogP contribution >= 0.6 is 0 Å². The van der Waals surface area contributed by atoms with Gasteiger partial charge in [0.1, 0.15) is 11.5 Å². The molecule has 0 aliphatic carbocycles. The van der Waals surface area contributed by atoms with Gasteiger partial charge in [0, 0.05) is 18.2 Å². The Kier molecular flexibility index (Phi) is 6.26. The fraction of sp³-hybridized carbons (Fsp3) is 0.280. The highest BCUT2D eigenvalue weighted by atomic mass is 16.7. The van der Waals surface area contributed by atoms with E-state index in [1.807, 2.05) is 0 Å². The normalized spacial score (nSPS) is 13.0. The molecule has 0 radical (unpaired) electrons. The van der Waals surface area contributed by atoms with E-state index >= 15 is 0 Å². The molecule has 4 rings (SSSR count). The standard InChI is InChI=1S/C25H25NO7/c1-15-11-20(28)24(25(30)26(15)10-9-16-3-6-18(27)7-4-16)19(13-23(29)31-2)17-5-8-21-22(12-17)33-14-32-21/h3-8,11-12,19,27-28H,9-10,13-14H2,1-2H3/t19-/m1/s1. The lowest BCUT2D eigenvalue weighted by Crippen LogP contribution is -2.29. The fourth-order valence-electron chi connectivity index (χ4n) is 4.04. The molecule has 8 nitrogen and oxygen atoms in total. The van der Waals surface area contributed by atoms with Crippen LogP contribution in [0.4, 0.5) is 0 Å². The van der Waals surface area contributed by atoms with Crippen LogP contribution in [-0.2, 0) is 22.5 Å². The average Bonchev–Trinajstić information content (AvgIpc) is 3.27. The lowest BCUT2D eigenvalue weighted by atomic mass is 9.88. The molecule has 0 fully saturated rings. The number of aromatic nitrogens is 1. The summed E-state index contributed by atoms with van der Waals surface area (Å²) in [6, 6.07) is 13.5. The largest absolute Gasteiger partial charge is 0.508 e. The summed E-state index contributed by atoms with van der Waals surface area (Å²) < 4.78 is 17.3. The van der Waals surface area contributed by atoms with Crippen LogP contribution in [0, 0.1) is 6.92 Å². The van der Waals surface area contributed by atoms with E-state index in [4.69, 9.17) is 14.2 Å². The van der Waals surface area contributed by atoms with E-state index in [9.17, 15) is 19.8 Å². The van der Waals surface area contributed by atoms with Crippen molar-refractivity contribution in [2.45, 2.75) is 32.2 Å². The first kappa shape index (κ1) is 22.3. The van der Waals surface area contributed by atoms with Gasteiger partial charge in [-0.3, -0.25) is 9.59 Å². The predicted molar refractivity (Wildman–Crippen MR) is 120 cm³/mol. The first-order valence-electron chi connectivity index (χ1n) is 10.5. The molecule has 1 aromatic heterocycles. The Balaban J connectivity index is 1.74. The second kappa shape index (κ2) is 9.28. The maximum atomic E-state index is 13.6. The quantitative estimate of drug-likeness (QED) is 0.531. The van der Waals surface area contributed by atoms with Crippen molar-refractivity contribution in [1.82, 2.24) is 4.57 Å². The van der Waals surface area contributed by atoms with Gasteiger partial charge in [-0.25, -0.2) is 0 Å². The number of ether oxygens (including phenoxy) is 3. The Hall–Kier alpha value is -3.94. The summed E-state index contributed by atoms with van der Waals surface area (Å²) >= 11 is 0. The van der Waals surface area contributed by atoms with Gasteiger partial charge in [-0.1, -0.05) is 18.2 Å². The van der Waals surface area contributed by atoms with Crippen molar-refractivity contribution in [3.05, 3.63) is 81.3 Å². The van der Waals surface area contributed by atoms with Crippen molar-refractivity contribution >= 4 is 5.97 Å². The number of aryl methyl sites for hydroxylation is 2. The Morgan fingerprint density at radius 3 is 2.55 bits per heavy atom. The number of rotatable bonds is 7. The van der Waals surface area contributed by atoms with Gasteiger partial charge in [0.15, 0.2) is 11.5 Å². The number of pyridine rings is 1. The van der Waals surface area contributed by atoms with E-state index < -0.39 is 11.9 Å². The van der Waals surface area contributed by atoms with Crippen LogP contribution in [0.5, 0.6) is 23.0 Å². The third-order valence-corrected chi connectivity index (χ3v) is 5.83. The molecule has 0 saturated heterocycles. The van der Waals surface area contributed by atoms with Crippen LogP contribution in [0.15, 0.2) is 53.3 Å². The van der Waals surface area contributed by atoms with E-state index in [0.717, 1.165) is 5.56 Å². The van der Waals surface area contributed by atoms with Crippen LogP contribution in [0.2, 0.25) is 0 Å². The Bertz CT molecular complexity index is 1230. The topological polar surface area (TPSA) is 107 Å². The fourth-order valence-corrected chi connectivity index (χ4v) is 4.04. The van der Waals surface area contributed by atoms with Gasteiger partial charge in [-0.05, 0) is 54.8 Å². The molecule has 2 heterocycles. The number of benzene rings is 2. The highest BCUT2D eigenvalue weighted by Crippen LogP contribution is 2.39. The number of aromatic hydroxyl groups is 2. The molecule has 172 valence electrons. The summed E-state index contributed by atoms with van der Waals surface area (Å²) in [5, 5.41) is 20.3. The first-order valence-corrected chi connectivity index (χ1v) is 10.5. The number of carbonyl (C=O) groups excluding carboxylic acids is 1. The third kappa shape index (κ3) is 4.64. The zero-order valence-corrected chi connectivity index (χ0v) is 18.4. The van der Waals surface area contributed by atoms with Gasteiger partial charge in [0.25, 0.3) is 5.56 Å². The number of fused-ring (bicyclic) bond motifs is 1. The number of methoxy groups -OCH3 is 1. The number of hydrogen-bond donors (Lipinski definition) is 2. The van der Waals surface area contributed by atoms with Crippen LogP contribution in [-0.4, -0.2) is 34.7 Å². The summed E-state index contributed by atoms with van der Waals surface area (Å²) in [5.41, 5.74) is 1.93. The van der Waals surface area contributed by atoms with Crippen LogP contribution in [0.25, 0.3) is 0 Å². The molecule has 2 aromatic carbocycles. The molecule has 0 amide bonds. The summed E-state index contributed by atoms with van der Waals surface area (Å²) in [5.74, 6) is -0.150. The van der Waals surface area contributed by atoms with E-state index in [1.54, 1.807) is 54.0 Å². The highest BCUT2D eigenvalue weighted by molar-refractivity contribution is 5.71. The molecular weight excluding hydrogens is 426 g/mol. The number of esters is 1. The maximum Gasteiger partial charge on any atom is 0.306 e. The minimum atomic E-state index is -0.736. The summed E-state index contributed by atoms with van der Waals surface area (Å²) in [6.07, 6.45) is 0.427. The molecule has 0 spiro atoms. The van der Waals surface area contributed by atoms with Crippen molar-refractivity contribution in [1.29, 1.82) is 0 Å². The molecule has 8 heteroatoms. The lowest BCUT2D eigenvalue weighted by molar-refractivity contribution is -0.140. The molecule has 0 bridgehead atoms. The lowest BCUT2D eigenvalue weighted by Gasteiger charge is -2.21. The van der Waals surface area contributed by atoms with Crippen molar-refractivity contribution in [3.8, 4) is 23.0 Å². The number of phenolic OH excluding ortho intramolecular Hbond substituents is 1. The molecule has 0 saturated carbocycles. The van der Waals surface area contributed by atoms with Gasteiger partial charge < -0.3 is 29.0 Å². The van der Waals surface area contributed by atoms with Crippen LogP contribution < -0.4 is 15.0 Å². The van der Waals surface area contributed by atoms with Crippen LogP contribution in [0.3, 0.4) is 0 Å². The van der Waals surface area contributed by atoms with Gasteiger partial charge in [0.2, 0.25) is 6.79 Å². The van der Waals surface area contributed by atoms with Crippen molar-refractivity contribution < 1.29 is 29.2 Å². The first-order chi connectivity index (χ1) is 15.9. The second-order valence-electron chi connectivity index (χ2n) is 7.90. The van der Waals surface area contributed by atoms with E-state index in [2.05, 4.69) is 0 Å². The van der Waals surface area contributed by atoms with Gasteiger partial charge in [-0.15, -0.1) is 0 Å². The summed E-state index contributed by atoms with van der Waals surface area (Å²) in [6.45, 7) is 2.21. The molecule has 2 N–H and O–H groups in total. The number of hydrogen-bond acceptors (Lipinski definition) is 7. The average molecular weight is 451 g/mol. The van der Waals surface area contributed by atoms with Crippen LogP contribution in [0.1, 0.15) is 34.7 Å². The number of carbonyl (C=O) groups is 1. The Morgan fingerprint density at radius 2 is 1.82 bits per heavy atom. The molecule has 3 aromatic rings. The van der Waals surface area contributed by atoms with Crippen molar-refractivity contribution in [3.63, 3.8) is 0 Å². The minimum absolute atomic E-state index is 0.0975. The minimum Gasteiger partial charge on any atom is -0.508 e. The predicted octanol–water partition coefficient (Wildman–Crippen LogP) is 3.23. The molecule has 33 heavy (non-hydrogen) atoms. The summed E-state index contributed by atoms with van der Waals surface area (Å²) in [7, 11) is 1.28. The Morgan fingerprint density at radius 1 is 1.09 bits per heavy atom. The number of nitrogens with zero attached hydrogens (tertiary/aromatic N) is 1. The molecule has 1 aliphatic heterocycles. The second-order valence-corrected chi connectivity index (χ2v) is 7.90. The smallest absolute Gasteiger partial charge is 0.306 e. The van der Waals surface area contributed by atoms with Gasteiger partial charge >= 0.3 is 5.97 Å². The maximum absolute atomic E-state index is 13.6. The van der Waals surface area contributed by atoms with Crippen molar-refractivity contribution in [2.75, 3.05) is 13.9 Å². The SMILES string of the molecule is COC(=O)C[C@H](c1ccc2c(c1)OCO2)c1c(O)cc(C)n(CCc2ccc(O)cc2)c1=O.